The van der Waals surface area contributed by atoms with Crippen molar-refractivity contribution in [1.82, 2.24) is 14.8 Å². The molecule has 1 heterocycles. The van der Waals surface area contributed by atoms with Crippen LogP contribution in [0.3, 0.4) is 0 Å². The van der Waals surface area contributed by atoms with Crippen LogP contribution in [0.2, 0.25) is 5.02 Å². The van der Waals surface area contributed by atoms with Crippen LogP contribution in [-0.4, -0.2) is 31.3 Å². The number of benzene rings is 2. The first-order valence-electron chi connectivity index (χ1n) is 9.81. The second kappa shape index (κ2) is 10.4. The highest BCUT2D eigenvalue weighted by molar-refractivity contribution is 7.99. The van der Waals surface area contributed by atoms with Crippen molar-refractivity contribution in [2.24, 2.45) is 0 Å². The summed E-state index contributed by atoms with van der Waals surface area (Å²) in [5.74, 6) is 0.846. The lowest BCUT2D eigenvalue weighted by atomic mass is 10.0. The third kappa shape index (κ3) is 5.54. The number of hydrogen-bond acceptors (Lipinski definition) is 6. The molecule has 32 heavy (non-hydrogen) atoms. The van der Waals surface area contributed by atoms with Crippen LogP contribution in [0.4, 0.5) is 11.4 Å². The SMILES string of the molecule is C=CCn1c(SCC(=O)Nc2ccc(Cl)c([N+](=O)[O-])c2)nnc1-c1ccc(C(C)C)cc1. The molecule has 0 saturated heterocycles. The van der Waals surface area contributed by atoms with Crippen molar-refractivity contribution in [3.05, 3.63) is 75.8 Å². The third-order valence-electron chi connectivity index (χ3n) is 4.62. The summed E-state index contributed by atoms with van der Waals surface area (Å²) in [4.78, 5) is 22.8. The molecule has 0 spiro atoms. The number of thioether (sulfide) groups is 1. The molecule has 3 aromatic rings. The summed E-state index contributed by atoms with van der Waals surface area (Å²) in [5, 5.41) is 22.8. The number of allylic oxidation sites excluding steroid dienone is 1. The Balaban J connectivity index is 1.72. The molecule has 0 aliphatic carbocycles. The Kier molecular flexibility index (Phi) is 7.66. The minimum absolute atomic E-state index is 0.00820. The van der Waals surface area contributed by atoms with Gasteiger partial charge in [0.05, 0.1) is 10.7 Å². The highest BCUT2D eigenvalue weighted by atomic mass is 35.5. The van der Waals surface area contributed by atoms with Crippen molar-refractivity contribution in [2.45, 2.75) is 31.5 Å². The predicted molar refractivity (Wildman–Crippen MR) is 127 cm³/mol. The third-order valence-corrected chi connectivity index (χ3v) is 5.91. The minimum atomic E-state index is -0.597. The fraction of sp³-hybridized carbons (Fsp3) is 0.227. The van der Waals surface area contributed by atoms with Gasteiger partial charge in [-0.1, -0.05) is 67.6 Å². The highest BCUT2D eigenvalue weighted by Crippen LogP contribution is 2.28. The molecule has 8 nitrogen and oxygen atoms in total. The van der Waals surface area contributed by atoms with Gasteiger partial charge in [0.2, 0.25) is 5.91 Å². The molecule has 1 amide bonds. The van der Waals surface area contributed by atoms with Gasteiger partial charge in [0.1, 0.15) is 5.02 Å². The average Bonchev–Trinajstić information content (AvgIpc) is 3.16. The van der Waals surface area contributed by atoms with Gasteiger partial charge in [-0.3, -0.25) is 19.5 Å². The molecule has 0 radical (unpaired) electrons. The molecule has 1 aromatic heterocycles. The lowest BCUT2D eigenvalue weighted by molar-refractivity contribution is -0.384. The van der Waals surface area contributed by atoms with Crippen LogP contribution >= 0.6 is 23.4 Å². The molecule has 0 saturated carbocycles. The van der Waals surface area contributed by atoms with Crippen LogP contribution in [0.5, 0.6) is 0 Å². The van der Waals surface area contributed by atoms with Crippen LogP contribution < -0.4 is 5.32 Å². The zero-order valence-electron chi connectivity index (χ0n) is 17.6. The van der Waals surface area contributed by atoms with Gasteiger partial charge in [0.15, 0.2) is 11.0 Å². The normalized spacial score (nSPS) is 10.9. The van der Waals surface area contributed by atoms with Crippen molar-refractivity contribution in [2.75, 3.05) is 11.1 Å². The van der Waals surface area contributed by atoms with E-state index in [2.05, 4.69) is 48.1 Å². The van der Waals surface area contributed by atoms with Gasteiger partial charge in [-0.15, -0.1) is 16.8 Å². The van der Waals surface area contributed by atoms with Gasteiger partial charge < -0.3 is 5.32 Å². The van der Waals surface area contributed by atoms with Gasteiger partial charge in [-0.25, -0.2) is 0 Å². The maximum atomic E-state index is 12.4. The maximum Gasteiger partial charge on any atom is 0.289 e. The van der Waals surface area contributed by atoms with Gasteiger partial charge in [0.25, 0.3) is 5.69 Å². The molecule has 0 fully saturated rings. The standard InChI is InChI=1S/C22H22ClN5O3S/c1-4-11-27-21(16-7-5-15(6-8-16)14(2)3)25-26-22(27)32-13-20(29)24-17-9-10-18(23)19(12-17)28(30)31/h4-10,12,14H,1,11,13H2,2-3H3,(H,24,29). The van der Waals surface area contributed by atoms with Crippen molar-refractivity contribution in [3.8, 4) is 11.4 Å². The molecule has 0 unspecified atom stereocenters. The monoisotopic (exact) mass is 471 g/mol. The largest absolute Gasteiger partial charge is 0.325 e. The highest BCUT2D eigenvalue weighted by Gasteiger charge is 2.17. The molecule has 3 rings (SSSR count). The number of anilines is 1. The van der Waals surface area contributed by atoms with Crippen molar-refractivity contribution >= 4 is 40.6 Å². The molecular formula is C22H22ClN5O3S. The van der Waals surface area contributed by atoms with Crippen molar-refractivity contribution in [1.29, 1.82) is 0 Å². The van der Waals surface area contributed by atoms with E-state index in [0.717, 1.165) is 5.56 Å². The Labute approximate surface area is 194 Å². The second-order valence-corrected chi connectivity index (χ2v) is 8.59. The summed E-state index contributed by atoms with van der Waals surface area (Å²) in [7, 11) is 0. The molecular weight excluding hydrogens is 450 g/mol. The molecule has 2 aromatic carbocycles. The number of amides is 1. The van der Waals surface area contributed by atoms with E-state index in [-0.39, 0.29) is 22.4 Å². The van der Waals surface area contributed by atoms with Gasteiger partial charge in [0, 0.05) is 23.9 Å². The number of nitro benzene ring substituents is 1. The number of rotatable bonds is 9. The van der Waals surface area contributed by atoms with Crippen LogP contribution in [0.15, 0.2) is 60.3 Å². The molecule has 0 bridgehead atoms. The lowest BCUT2D eigenvalue weighted by Crippen LogP contribution is -2.14. The number of carbonyl (C=O) groups excluding carboxylic acids is 1. The van der Waals surface area contributed by atoms with Crippen molar-refractivity contribution in [3.63, 3.8) is 0 Å². The van der Waals surface area contributed by atoms with Crippen molar-refractivity contribution < 1.29 is 9.72 Å². The zero-order valence-corrected chi connectivity index (χ0v) is 19.2. The second-order valence-electron chi connectivity index (χ2n) is 7.24. The molecule has 0 aliphatic rings. The van der Waals surface area contributed by atoms with Crippen LogP contribution in [0.1, 0.15) is 25.3 Å². The molecule has 166 valence electrons. The summed E-state index contributed by atoms with van der Waals surface area (Å²) in [5.41, 5.74) is 2.19. The van der Waals surface area contributed by atoms with Gasteiger partial charge in [-0.05, 0) is 23.6 Å². The Morgan fingerprint density at radius 3 is 2.62 bits per heavy atom. The smallest absolute Gasteiger partial charge is 0.289 e. The topological polar surface area (TPSA) is 103 Å². The zero-order chi connectivity index (χ0) is 23.3. The maximum absolute atomic E-state index is 12.4. The molecule has 1 N–H and O–H groups in total. The van der Waals surface area contributed by atoms with E-state index in [9.17, 15) is 14.9 Å². The number of hydrogen-bond donors (Lipinski definition) is 1. The summed E-state index contributed by atoms with van der Waals surface area (Å²) in [6.07, 6.45) is 1.74. The average molecular weight is 472 g/mol. The summed E-state index contributed by atoms with van der Waals surface area (Å²) in [6, 6.07) is 12.3. The molecule has 10 heteroatoms. The predicted octanol–water partition coefficient (Wildman–Crippen LogP) is 5.55. The van der Waals surface area contributed by atoms with Crippen LogP contribution in [0.25, 0.3) is 11.4 Å². The van der Waals surface area contributed by atoms with E-state index >= 15 is 0 Å². The van der Waals surface area contributed by atoms with Gasteiger partial charge in [-0.2, -0.15) is 0 Å². The fourth-order valence-corrected chi connectivity index (χ4v) is 3.91. The van der Waals surface area contributed by atoms with E-state index in [0.29, 0.717) is 29.1 Å². The van der Waals surface area contributed by atoms with E-state index in [4.69, 9.17) is 11.6 Å². The number of nitro groups is 1. The minimum Gasteiger partial charge on any atom is -0.325 e. The molecule has 0 atom stereocenters. The van der Waals surface area contributed by atoms with Crippen LogP contribution in [-0.2, 0) is 11.3 Å². The first-order chi connectivity index (χ1) is 15.3. The fourth-order valence-electron chi connectivity index (χ4n) is 2.98. The van der Waals surface area contributed by atoms with Crippen LogP contribution in [0, 0.1) is 10.1 Å². The number of nitrogens with zero attached hydrogens (tertiary/aromatic N) is 4. The van der Waals surface area contributed by atoms with E-state index in [1.165, 1.54) is 35.5 Å². The van der Waals surface area contributed by atoms with E-state index in [1.807, 2.05) is 16.7 Å². The number of nitrogens with one attached hydrogen (secondary N) is 1. The van der Waals surface area contributed by atoms with Gasteiger partial charge >= 0.3 is 0 Å². The summed E-state index contributed by atoms with van der Waals surface area (Å²) < 4.78 is 1.89. The Morgan fingerprint density at radius 1 is 1.28 bits per heavy atom. The summed E-state index contributed by atoms with van der Waals surface area (Å²) in [6.45, 7) is 8.56. The number of carbonyl (C=O) groups is 1. The van der Waals surface area contributed by atoms with E-state index in [1.54, 1.807) is 6.08 Å². The molecule has 0 aliphatic heterocycles. The Hall–Kier alpha value is -3.17. The first kappa shape index (κ1) is 23.5. The first-order valence-corrected chi connectivity index (χ1v) is 11.2. The quantitative estimate of drug-likeness (QED) is 0.190. The number of halogens is 1. The lowest BCUT2D eigenvalue weighted by Gasteiger charge is -2.10. The van der Waals surface area contributed by atoms with E-state index < -0.39 is 4.92 Å². The Bertz CT molecular complexity index is 1140. The number of aromatic nitrogens is 3. The summed E-state index contributed by atoms with van der Waals surface area (Å²) >= 11 is 7.03. The Morgan fingerprint density at radius 2 is 2.00 bits per heavy atom.